The number of likely N-dealkylation sites (N-methyl/N-ethyl adjacent to an activating group) is 1. The maximum atomic E-state index is 12.9. The molecule has 0 fully saturated rings. The minimum atomic E-state index is -0.129. The number of nitrogens with one attached hydrogen (secondary N) is 1. The maximum Gasteiger partial charge on any atom is 0.257 e. The second-order valence-corrected chi connectivity index (χ2v) is 6.41. The van der Waals surface area contributed by atoms with E-state index in [0.29, 0.717) is 49.1 Å². The van der Waals surface area contributed by atoms with Gasteiger partial charge in [-0.05, 0) is 30.3 Å². The highest BCUT2D eigenvalue weighted by Crippen LogP contribution is 2.35. The van der Waals surface area contributed by atoms with Gasteiger partial charge < -0.3 is 19.1 Å². The molecule has 0 atom stereocenters. The van der Waals surface area contributed by atoms with Crippen molar-refractivity contribution in [1.29, 1.82) is 0 Å². The van der Waals surface area contributed by atoms with E-state index in [1.54, 1.807) is 18.1 Å². The highest BCUT2D eigenvalue weighted by atomic mass is 16.6. The van der Waals surface area contributed by atoms with Crippen LogP contribution in [0.3, 0.4) is 0 Å². The number of carbonyl (C=O) groups is 1. The van der Waals surface area contributed by atoms with E-state index >= 15 is 0 Å². The van der Waals surface area contributed by atoms with Gasteiger partial charge in [-0.2, -0.15) is 5.10 Å². The van der Waals surface area contributed by atoms with Crippen LogP contribution in [0.5, 0.6) is 17.2 Å². The summed E-state index contributed by atoms with van der Waals surface area (Å²) in [6.45, 7) is 1.91. The molecule has 1 N–H and O–H groups in total. The molecule has 144 valence electrons. The van der Waals surface area contributed by atoms with E-state index in [0.717, 1.165) is 11.3 Å². The van der Waals surface area contributed by atoms with Gasteiger partial charge >= 0.3 is 0 Å². The van der Waals surface area contributed by atoms with Crippen molar-refractivity contribution in [1.82, 2.24) is 15.1 Å². The van der Waals surface area contributed by atoms with E-state index in [-0.39, 0.29) is 5.91 Å². The van der Waals surface area contributed by atoms with Crippen molar-refractivity contribution in [2.75, 3.05) is 33.4 Å². The average molecular weight is 379 g/mol. The van der Waals surface area contributed by atoms with Crippen LogP contribution in [0.15, 0.2) is 54.7 Å². The quantitative estimate of drug-likeness (QED) is 0.712. The zero-order valence-electron chi connectivity index (χ0n) is 15.6. The number of benzene rings is 2. The molecule has 7 heteroatoms. The monoisotopic (exact) mass is 379 g/mol. The number of rotatable bonds is 6. The molecule has 1 aromatic heterocycles. The standard InChI is InChI=1S/C21H21N3O4/c1-24(9-10-26-16-5-3-2-4-6-16)21(25)17-14-22-23-20(17)15-7-8-18-19(13-15)28-12-11-27-18/h2-8,13-14H,9-12H2,1H3,(H,22,23). The molecule has 7 nitrogen and oxygen atoms in total. The van der Waals surface area contributed by atoms with E-state index in [1.165, 1.54) is 0 Å². The molecular formula is C21H21N3O4. The Labute approximate surface area is 162 Å². The molecule has 1 aliphatic heterocycles. The summed E-state index contributed by atoms with van der Waals surface area (Å²) in [7, 11) is 1.75. The van der Waals surface area contributed by atoms with Crippen LogP contribution in [-0.2, 0) is 0 Å². The fourth-order valence-corrected chi connectivity index (χ4v) is 2.99. The van der Waals surface area contributed by atoms with Gasteiger partial charge in [0.05, 0.1) is 24.0 Å². The smallest absolute Gasteiger partial charge is 0.257 e. The van der Waals surface area contributed by atoms with Gasteiger partial charge in [-0.25, -0.2) is 0 Å². The third-order valence-electron chi connectivity index (χ3n) is 4.49. The lowest BCUT2D eigenvalue weighted by Crippen LogP contribution is -2.31. The lowest BCUT2D eigenvalue weighted by molar-refractivity contribution is 0.0774. The van der Waals surface area contributed by atoms with Gasteiger partial charge in [0, 0.05) is 12.6 Å². The van der Waals surface area contributed by atoms with E-state index in [4.69, 9.17) is 14.2 Å². The molecule has 2 aromatic carbocycles. The third-order valence-corrected chi connectivity index (χ3v) is 4.49. The first-order valence-electron chi connectivity index (χ1n) is 9.09. The molecule has 0 unspecified atom stereocenters. The van der Waals surface area contributed by atoms with Crippen LogP contribution < -0.4 is 14.2 Å². The highest BCUT2D eigenvalue weighted by Gasteiger charge is 2.21. The van der Waals surface area contributed by atoms with Crippen molar-refractivity contribution < 1.29 is 19.0 Å². The fourth-order valence-electron chi connectivity index (χ4n) is 2.99. The molecule has 0 spiro atoms. The van der Waals surface area contributed by atoms with Crippen LogP contribution in [0, 0.1) is 0 Å². The van der Waals surface area contributed by atoms with Crippen molar-refractivity contribution in [2.45, 2.75) is 0 Å². The SMILES string of the molecule is CN(CCOc1ccccc1)C(=O)c1cn[nH]c1-c1ccc2c(c1)OCCO2. The Kier molecular flexibility index (Phi) is 5.14. The lowest BCUT2D eigenvalue weighted by atomic mass is 10.1. The van der Waals surface area contributed by atoms with E-state index < -0.39 is 0 Å². The molecule has 28 heavy (non-hydrogen) atoms. The number of hydrogen-bond acceptors (Lipinski definition) is 5. The Hall–Kier alpha value is -3.48. The summed E-state index contributed by atoms with van der Waals surface area (Å²) >= 11 is 0. The molecule has 1 amide bonds. The maximum absolute atomic E-state index is 12.9. The van der Waals surface area contributed by atoms with Gasteiger partial charge in [-0.3, -0.25) is 9.89 Å². The van der Waals surface area contributed by atoms with Crippen LogP contribution in [-0.4, -0.2) is 54.4 Å². The van der Waals surface area contributed by atoms with Gasteiger partial charge in [-0.15, -0.1) is 0 Å². The Morgan fingerprint density at radius 3 is 2.75 bits per heavy atom. The Balaban J connectivity index is 1.45. The number of nitrogens with zero attached hydrogens (tertiary/aromatic N) is 2. The van der Waals surface area contributed by atoms with Gasteiger partial charge in [-0.1, -0.05) is 18.2 Å². The first-order chi connectivity index (χ1) is 13.7. The van der Waals surface area contributed by atoms with E-state index in [2.05, 4.69) is 10.2 Å². The number of aromatic amines is 1. The molecule has 0 bridgehead atoms. The summed E-state index contributed by atoms with van der Waals surface area (Å²) in [5.74, 6) is 2.03. The first-order valence-corrected chi connectivity index (χ1v) is 9.09. The molecule has 3 aromatic rings. The van der Waals surface area contributed by atoms with Crippen molar-refractivity contribution >= 4 is 5.91 Å². The molecule has 0 radical (unpaired) electrons. The minimum absolute atomic E-state index is 0.129. The normalized spacial score (nSPS) is 12.5. The van der Waals surface area contributed by atoms with Gasteiger partial charge in [0.2, 0.25) is 0 Å². The minimum Gasteiger partial charge on any atom is -0.492 e. The van der Waals surface area contributed by atoms with E-state index in [1.807, 2.05) is 48.5 Å². The Morgan fingerprint density at radius 2 is 1.93 bits per heavy atom. The first kappa shape index (κ1) is 17.9. The highest BCUT2D eigenvalue weighted by molar-refractivity contribution is 5.99. The number of ether oxygens (including phenoxy) is 3. The second kappa shape index (κ2) is 8.04. The molecule has 2 heterocycles. The number of amides is 1. The molecule has 1 aliphatic rings. The van der Waals surface area contributed by atoms with Crippen LogP contribution in [0.4, 0.5) is 0 Å². The van der Waals surface area contributed by atoms with Gasteiger partial charge in [0.1, 0.15) is 25.6 Å². The number of carbonyl (C=O) groups excluding carboxylic acids is 1. The second-order valence-electron chi connectivity index (χ2n) is 6.41. The van der Waals surface area contributed by atoms with Crippen molar-refractivity contribution in [3.8, 4) is 28.5 Å². The van der Waals surface area contributed by atoms with Crippen molar-refractivity contribution in [3.63, 3.8) is 0 Å². The summed E-state index contributed by atoms with van der Waals surface area (Å²) in [5, 5.41) is 6.99. The van der Waals surface area contributed by atoms with E-state index in [9.17, 15) is 4.79 Å². The average Bonchev–Trinajstić information content (AvgIpc) is 3.23. The lowest BCUT2D eigenvalue weighted by Gasteiger charge is -2.19. The third kappa shape index (κ3) is 3.78. The molecular weight excluding hydrogens is 358 g/mol. The number of fused-ring (bicyclic) bond motifs is 1. The summed E-state index contributed by atoms with van der Waals surface area (Å²) in [6.07, 6.45) is 1.54. The van der Waals surface area contributed by atoms with Crippen LogP contribution in [0.1, 0.15) is 10.4 Å². The predicted octanol–water partition coefficient (Wildman–Crippen LogP) is 3.00. The summed E-state index contributed by atoms with van der Waals surface area (Å²) in [6, 6.07) is 15.1. The van der Waals surface area contributed by atoms with Crippen LogP contribution in [0.2, 0.25) is 0 Å². The number of aromatic nitrogens is 2. The topological polar surface area (TPSA) is 76.7 Å². The summed E-state index contributed by atoms with van der Waals surface area (Å²) < 4.78 is 16.9. The predicted molar refractivity (Wildman–Crippen MR) is 104 cm³/mol. The van der Waals surface area contributed by atoms with Gasteiger partial charge in [0.15, 0.2) is 11.5 Å². The van der Waals surface area contributed by atoms with Gasteiger partial charge in [0.25, 0.3) is 5.91 Å². The zero-order chi connectivity index (χ0) is 19.3. The number of para-hydroxylation sites is 1. The summed E-state index contributed by atoms with van der Waals surface area (Å²) in [5.41, 5.74) is 1.97. The van der Waals surface area contributed by atoms with Crippen molar-refractivity contribution in [2.24, 2.45) is 0 Å². The largest absolute Gasteiger partial charge is 0.492 e. The summed E-state index contributed by atoms with van der Waals surface area (Å²) in [4.78, 5) is 14.5. The molecule has 0 saturated carbocycles. The molecule has 4 rings (SSSR count). The van der Waals surface area contributed by atoms with Crippen LogP contribution in [0.25, 0.3) is 11.3 Å². The fraction of sp³-hybridized carbons (Fsp3) is 0.238. The Morgan fingerprint density at radius 1 is 1.14 bits per heavy atom. The Bertz CT molecular complexity index is 955. The number of hydrogen-bond donors (Lipinski definition) is 1. The van der Waals surface area contributed by atoms with Crippen LogP contribution >= 0.6 is 0 Å². The number of H-pyrrole nitrogens is 1. The van der Waals surface area contributed by atoms with Crippen molar-refractivity contribution in [3.05, 3.63) is 60.3 Å². The molecule has 0 aliphatic carbocycles. The molecule has 0 saturated heterocycles. The zero-order valence-corrected chi connectivity index (χ0v) is 15.6.